The van der Waals surface area contributed by atoms with Crippen molar-refractivity contribution in [3.63, 3.8) is 0 Å². The molecule has 0 atom stereocenters. The van der Waals surface area contributed by atoms with E-state index in [0.717, 1.165) is 12.0 Å². The molecule has 0 aromatic carbocycles. The summed E-state index contributed by atoms with van der Waals surface area (Å²) in [4.78, 5) is 42.4. The van der Waals surface area contributed by atoms with Crippen LogP contribution in [0.25, 0.3) is 0 Å². The van der Waals surface area contributed by atoms with Crippen molar-refractivity contribution in [2.45, 2.75) is 52.5 Å². The average molecular weight is 393 g/mol. The molecule has 0 fully saturated rings. The summed E-state index contributed by atoms with van der Waals surface area (Å²) in [6.07, 6.45) is 2.41. The Hall–Kier alpha value is -2.48. The minimum absolute atomic E-state index is 0.00577. The number of hydrogen-bond acceptors (Lipinski definition) is 5. The maximum absolute atomic E-state index is 12.5. The standard InChI is InChI=1S/C20H32N4O4/c1-6-20(3,4)23-18(26)14-24(11-12-28-5)19(27)8-7-17(25)22-16-13-15(2)9-10-21-16/h9-10,13H,6-8,11-12,14H2,1-5H3,(H,23,26)(H,21,22,25). The number of aryl methyl sites for hydroxylation is 1. The summed E-state index contributed by atoms with van der Waals surface area (Å²) in [5.74, 6) is -0.344. The number of aromatic nitrogens is 1. The van der Waals surface area contributed by atoms with Crippen LogP contribution in [-0.4, -0.2) is 60.0 Å². The number of rotatable bonds is 11. The second-order valence-corrected chi connectivity index (χ2v) is 7.36. The second-order valence-electron chi connectivity index (χ2n) is 7.36. The molecule has 0 spiro atoms. The minimum atomic E-state index is -0.340. The zero-order valence-electron chi connectivity index (χ0n) is 17.5. The van der Waals surface area contributed by atoms with Gasteiger partial charge in [0, 0.05) is 38.2 Å². The second kappa shape index (κ2) is 11.4. The molecular formula is C20H32N4O4. The van der Waals surface area contributed by atoms with Gasteiger partial charge in [-0.1, -0.05) is 6.92 Å². The Bertz CT molecular complexity index is 676. The molecule has 0 radical (unpaired) electrons. The van der Waals surface area contributed by atoms with Gasteiger partial charge in [-0.05, 0) is 44.9 Å². The van der Waals surface area contributed by atoms with Gasteiger partial charge in [-0.3, -0.25) is 14.4 Å². The molecule has 3 amide bonds. The van der Waals surface area contributed by atoms with E-state index in [4.69, 9.17) is 4.74 Å². The molecule has 1 heterocycles. The van der Waals surface area contributed by atoms with Crippen LogP contribution < -0.4 is 10.6 Å². The third-order valence-electron chi connectivity index (χ3n) is 4.36. The minimum Gasteiger partial charge on any atom is -0.383 e. The van der Waals surface area contributed by atoms with Crippen LogP contribution in [0, 0.1) is 6.92 Å². The number of methoxy groups -OCH3 is 1. The van der Waals surface area contributed by atoms with Crippen molar-refractivity contribution in [2.75, 3.05) is 32.1 Å². The number of nitrogens with zero attached hydrogens (tertiary/aromatic N) is 2. The first-order valence-corrected chi connectivity index (χ1v) is 9.47. The lowest BCUT2D eigenvalue weighted by Gasteiger charge is -2.27. The van der Waals surface area contributed by atoms with Gasteiger partial charge in [0.15, 0.2) is 0 Å². The number of ether oxygens (including phenoxy) is 1. The number of anilines is 1. The Morgan fingerprint density at radius 1 is 1.21 bits per heavy atom. The number of carbonyl (C=O) groups is 3. The monoisotopic (exact) mass is 392 g/mol. The molecule has 1 aromatic rings. The lowest BCUT2D eigenvalue weighted by Crippen LogP contribution is -2.49. The first-order valence-electron chi connectivity index (χ1n) is 9.47. The van der Waals surface area contributed by atoms with Crippen LogP contribution in [0.1, 0.15) is 45.6 Å². The Morgan fingerprint density at radius 2 is 1.93 bits per heavy atom. The molecule has 8 nitrogen and oxygen atoms in total. The summed E-state index contributed by atoms with van der Waals surface area (Å²) in [7, 11) is 1.53. The fourth-order valence-electron chi connectivity index (χ4n) is 2.36. The fourth-order valence-corrected chi connectivity index (χ4v) is 2.36. The fraction of sp³-hybridized carbons (Fsp3) is 0.600. The molecule has 156 valence electrons. The van der Waals surface area contributed by atoms with Crippen LogP contribution in [0.5, 0.6) is 0 Å². The zero-order chi connectivity index (χ0) is 21.2. The first-order chi connectivity index (χ1) is 13.2. The molecule has 1 aromatic heterocycles. The molecule has 0 saturated heterocycles. The number of carbonyl (C=O) groups excluding carboxylic acids is 3. The van der Waals surface area contributed by atoms with Crippen LogP contribution in [0.2, 0.25) is 0 Å². The molecule has 0 unspecified atom stereocenters. The average Bonchev–Trinajstić information content (AvgIpc) is 2.62. The van der Waals surface area contributed by atoms with Crippen LogP contribution in [0.4, 0.5) is 5.82 Å². The van der Waals surface area contributed by atoms with Crippen LogP contribution >= 0.6 is 0 Å². The predicted octanol–water partition coefficient (Wildman–Crippen LogP) is 1.89. The third kappa shape index (κ3) is 8.94. The van der Waals surface area contributed by atoms with Crippen molar-refractivity contribution >= 4 is 23.5 Å². The van der Waals surface area contributed by atoms with Gasteiger partial charge in [0.25, 0.3) is 0 Å². The third-order valence-corrected chi connectivity index (χ3v) is 4.36. The van der Waals surface area contributed by atoms with Crippen molar-refractivity contribution in [2.24, 2.45) is 0 Å². The first kappa shape index (κ1) is 23.6. The van der Waals surface area contributed by atoms with Gasteiger partial charge in [-0.15, -0.1) is 0 Å². The van der Waals surface area contributed by atoms with Crippen LogP contribution in [0.15, 0.2) is 18.3 Å². The maximum Gasteiger partial charge on any atom is 0.240 e. The highest BCUT2D eigenvalue weighted by atomic mass is 16.5. The maximum atomic E-state index is 12.5. The Balaban J connectivity index is 2.58. The Labute approximate surface area is 167 Å². The highest BCUT2D eigenvalue weighted by Gasteiger charge is 2.22. The van der Waals surface area contributed by atoms with E-state index in [1.807, 2.05) is 33.8 Å². The van der Waals surface area contributed by atoms with Gasteiger partial charge in [0.1, 0.15) is 5.82 Å². The summed E-state index contributed by atoms with van der Waals surface area (Å²) >= 11 is 0. The molecule has 0 saturated carbocycles. The molecule has 0 aliphatic rings. The lowest BCUT2D eigenvalue weighted by atomic mass is 10.0. The van der Waals surface area contributed by atoms with Crippen molar-refractivity contribution in [3.8, 4) is 0 Å². The van der Waals surface area contributed by atoms with Crippen molar-refractivity contribution in [1.29, 1.82) is 0 Å². The van der Waals surface area contributed by atoms with Gasteiger partial charge >= 0.3 is 0 Å². The molecule has 2 N–H and O–H groups in total. The summed E-state index contributed by atoms with van der Waals surface area (Å²) in [6.45, 7) is 8.28. The van der Waals surface area contributed by atoms with E-state index in [-0.39, 0.29) is 49.2 Å². The topological polar surface area (TPSA) is 101 Å². The Morgan fingerprint density at radius 3 is 2.54 bits per heavy atom. The van der Waals surface area contributed by atoms with E-state index >= 15 is 0 Å². The molecule has 28 heavy (non-hydrogen) atoms. The predicted molar refractivity (Wildman–Crippen MR) is 108 cm³/mol. The summed E-state index contributed by atoms with van der Waals surface area (Å²) in [6, 6.07) is 3.59. The van der Waals surface area contributed by atoms with E-state index in [9.17, 15) is 14.4 Å². The van der Waals surface area contributed by atoms with Crippen molar-refractivity contribution in [3.05, 3.63) is 23.9 Å². The van der Waals surface area contributed by atoms with Gasteiger partial charge in [-0.2, -0.15) is 0 Å². The number of pyridine rings is 1. The normalized spacial score (nSPS) is 11.0. The van der Waals surface area contributed by atoms with Crippen LogP contribution in [0.3, 0.4) is 0 Å². The van der Waals surface area contributed by atoms with Gasteiger partial charge in [-0.25, -0.2) is 4.98 Å². The lowest BCUT2D eigenvalue weighted by molar-refractivity contribution is -0.138. The largest absolute Gasteiger partial charge is 0.383 e. The number of hydrogen-bond donors (Lipinski definition) is 2. The molecule has 1 rings (SSSR count). The summed E-state index contributed by atoms with van der Waals surface area (Å²) < 4.78 is 5.03. The molecule has 0 aliphatic heterocycles. The zero-order valence-corrected chi connectivity index (χ0v) is 17.5. The van der Waals surface area contributed by atoms with E-state index in [0.29, 0.717) is 12.4 Å². The SMILES string of the molecule is CCC(C)(C)NC(=O)CN(CCOC)C(=O)CCC(=O)Nc1cc(C)ccn1. The molecule has 8 heteroatoms. The molecule has 0 bridgehead atoms. The van der Waals surface area contributed by atoms with Crippen molar-refractivity contribution < 1.29 is 19.1 Å². The van der Waals surface area contributed by atoms with E-state index < -0.39 is 0 Å². The van der Waals surface area contributed by atoms with Crippen molar-refractivity contribution in [1.82, 2.24) is 15.2 Å². The number of nitrogens with one attached hydrogen (secondary N) is 2. The molecular weight excluding hydrogens is 360 g/mol. The number of amides is 3. The van der Waals surface area contributed by atoms with E-state index in [1.165, 1.54) is 12.0 Å². The summed E-state index contributed by atoms with van der Waals surface area (Å²) in [5.41, 5.74) is 0.640. The highest BCUT2D eigenvalue weighted by molar-refractivity contribution is 5.93. The molecule has 0 aliphatic carbocycles. The summed E-state index contributed by atoms with van der Waals surface area (Å²) in [5, 5.41) is 5.58. The van der Waals surface area contributed by atoms with E-state index in [2.05, 4.69) is 15.6 Å². The van der Waals surface area contributed by atoms with E-state index in [1.54, 1.807) is 12.3 Å². The highest BCUT2D eigenvalue weighted by Crippen LogP contribution is 2.09. The quantitative estimate of drug-likeness (QED) is 0.599. The van der Waals surface area contributed by atoms with Gasteiger partial charge in [0.2, 0.25) is 17.7 Å². The smallest absolute Gasteiger partial charge is 0.240 e. The van der Waals surface area contributed by atoms with Gasteiger partial charge < -0.3 is 20.3 Å². The van der Waals surface area contributed by atoms with Crippen LogP contribution in [-0.2, 0) is 19.1 Å². The Kier molecular flexibility index (Phi) is 9.58. The van der Waals surface area contributed by atoms with Gasteiger partial charge in [0.05, 0.1) is 13.2 Å².